The molecule has 78 valence electrons. The summed E-state index contributed by atoms with van der Waals surface area (Å²) in [4.78, 5) is 0. The first-order valence-electron chi connectivity index (χ1n) is 5.12. The molecule has 0 saturated carbocycles. The van der Waals surface area contributed by atoms with Gasteiger partial charge in [0, 0.05) is 24.9 Å². The number of thioether (sulfide) groups is 1. The summed E-state index contributed by atoms with van der Waals surface area (Å²) >= 11 is 2.08. The minimum Gasteiger partial charge on any atom is -0.380 e. The number of hydrogen-bond acceptors (Lipinski definition) is 3. The second-order valence-corrected chi connectivity index (χ2v) is 5.26. The minimum atomic E-state index is 0.333. The number of ether oxygens (including phenoxy) is 1. The highest BCUT2D eigenvalue weighted by Crippen LogP contribution is 2.24. The summed E-state index contributed by atoms with van der Waals surface area (Å²) in [5.41, 5.74) is 0. The van der Waals surface area contributed by atoms with Crippen molar-refractivity contribution >= 4 is 11.8 Å². The summed E-state index contributed by atoms with van der Waals surface area (Å²) in [6, 6.07) is 0.691. The zero-order valence-corrected chi connectivity index (χ0v) is 9.69. The lowest BCUT2D eigenvalue weighted by Gasteiger charge is -2.30. The van der Waals surface area contributed by atoms with Gasteiger partial charge in [0.05, 0.1) is 6.10 Å². The van der Waals surface area contributed by atoms with Crippen LogP contribution in [0.4, 0.5) is 0 Å². The number of nitrogens with one attached hydrogen (secondary N) is 1. The van der Waals surface area contributed by atoms with E-state index in [2.05, 4.69) is 30.9 Å². The molecule has 1 fully saturated rings. The molecule has 0 spiro atoms. The number of methoxy groups -OCH3 is 1. The van der Waals surface area contributed by atoms with Gasteiger partial charge in [-0.3, -0.25) is 0 Å². The van der Waals surface area contributed by atoms with E-state index in [1.807, 2.05) is 0 Å². The molecule has 1 N–H and O–H groups in total. The largest absolute Gasteiger partial charge is 0.380 e. The van der Waals surface area contributed by atoms with E-state index in [9.17, 15) is 0 Å². The molecule has 2 nitrogen and oxygen atoms in total. The van der Waals surface area contributed by atoms with Crippen molar-refractivity contribution < 1.29 is 4.74 Å². The Labute approximate surface area is 85.8 Å². The van der Waals surface area contributed by atoms with E-state index in [0.717, 1.165) is 11.8 Å². The van der Waals surface area contributed by atoms with Crippen molar-refractivity contribution in [3.05, 3.63) is 0 Å². The first kappa shape index (κ1) is 11.3. The van der Waals surface area contributed by atoms with Crippen LogP contribution >= 0.6 is 11.8 Å². The lowest BCUT2D eigenvalue weighted by atomic mass is 10.1. The molecule has 3 atom stereocenters. The summed E-state index contributed by atoms with van der Waals surface area (Å²) in [6.45, 7) is 5.40. The smallest absolute Gasteiger partial charge is 0.0667 e. The highest BCUT2D eigenvalue weighted by molar-refractivity contribution is 7.99. The molecule has 3 unspecified atom stereocenters. The summed E-state index contributed by atoms with van der Waals surface area (Å²) in [5, 5.41) is 4.34. The quantitative estimate of drug-likeness (QED) is 0.754. The number of hydrogen-bond donors (Lipinski definition) is 1. The summed E-state index contributed by atoms with van der Waals surface area (Å²) in [5.74, 6) is 1.33. The average Bonchev–Trinajstić information content (AvgIpc) is 2.16. The van der Waals surface area contributed by atoms with E-state index in [0.29, 0.717) is 12.1 Å². The Morgan fingerprint density at radius 1 is 1.62 bits per heavy atom. The Balaban J connectivity index is 2.18. The maximum atomic E-state index is 5.21. The van der Waals surface area contributed by atoms with Gasteiger partial charge in [0.1, 0.15) is 0 Å². The Hall–Kier alpha value is 0.270. The highest BCUT2D eigenvalue weighted by Gasteiger charge is 2.21. The lowest BCUT2D eigenvalue weighted by Crippen LogP contribution is -2.42. The molecule has 1 aliphatic heterocycles. The third kappa shape index (κ3) is 3.88. The SMILES string of the molecule is COC(C)CNC1CCCSC1C. The van der Waals surface area contributed by atoms with Gasteiger partial charge in [-0.1, -0.05) is 6.92 Å². The molecule has 13 heavy (non-hydrogen) atoms. The van der Waals surface area contributed by atoms with E-state index in [1.165, 1.54) is 18.6 Å². The van der Waals surface area contributed by atoms with Crippen molar-refractivity contribution in [3.63, 3.8) is 0 Å². The monoisotopic (exact) mass is 203 g/mol. The standard InChI is InChI=1S/C10H21NOS/c1-8(12-3)7-11-10-5-4-6-13-9(10)2/h8-11H,4-7H2,1-3H3. The topological polar surface area (TPSA) is 21.3 Å². The molecule has 0 aliphatic carbocycles. The molecule has 0 radical (unpaired) electrons. The molecular weight excluding hydrogens is 182 g/mol. The van der Waals surface area contributed by atoms with Gasteiger partial charge in [0.25, 0.3) is 0 Å². The Kier molecular flexibility index (Phi) is 5.14. The number of rotatable bonds is 4. The predicted molar refractivity (Wildman–Crippen MR) is 59.4 cm³/mol. The van der Waals surface area contributed by atoms with Gasteiger partial charge >= 0.3 is 0 Å². The Morgan fingerprint density at radius 3 is 3.00 bits per heavy atom. The van der Waals surface area contributed by atoms with Gasteiger partial charge in [-0.25, -0.2) is 0 Å². The summed E-state index contributed by atoms with van der Waals surface area (Å²) in [7, 11) is 1.77. The molecule has 0 aromatic rings. The van der Waals surface area contributed by atoms with Crippen molar-refractivity contribution in [1.82, 2.24) is 5.32 Å². The maximum Gasteiger partial charge on any atom is 0.0667 e. The van der Waals surface area contributed by atoms with Gasteiger partial charge in [-0.2, -0.15) is 11.8 Å². The van der Waals surface area contributed by atoms with E-state index < -0.39 is 0 Å². The van der Waals surface area contributed by atoms with Crippen molar-refractivity contribution in [1.29, 1.82) is 0 Å². The van der Waals surface area contributed by atoms with Gasteiger partial charge in [0.2, 0.25) is 0 Å². The van der Waals surface area contributed by atoms with E-state index >= 15 is 0 Å². The fourth-order valence-corrected chi connectivity index (χ4v) is 2.76. The molecule has 0 aromatic heterocycles. The third-order valence-corrected chi connectivity index (χ3v) is 4.06. The molecule has 0 amide bonds. The zero-order valence-electron chi connectivity index (χ0n) is 8.88. The summed E-state index contributed by atoms with van der Waals surface area (Å²) < 4.78 is 5.21. The van der Waals surface area contributed by atoms with Crippen molar-refractivity contribution in [3.8, 4) is 0 Å². The van der Waals surface area contributed by atoms with Crippen LogP contribution in [0.25, 0.3) is 0 Å². The fraction of sp³-hybridized carbons (Fsp3) is 1.00. The van der Waals surface area contributed by atoms with Crippen LogP contribution in [-0.4, -0.2) is 36.8 Å². The predicted octanol–water partition coefficient (Wildman–Crippen LogP) is 1.90. The third-order valence-electron chi connectivity index (χ3n) is 2.68. The first-order chi connectivity index (χ1) is 6.24. The van der Waals surface area contributed by atoms with Crippen LogP contribution < -0.4 is 5.32 Å². The average molecular weight is 203 g/mol. The van der Waals surface area contributed by atoms with E-state index in [1.54, 1.807) is 7.11 Å². The highest BCUT2D eigenvalue weighted by atomic mass is 32.2. The Morgan fingerprint density at radius 2 is 2.38 bits per heavy atom. The molecular formula is C10H21NOS. The molecule has 1 aliphatic rings. The zero-order chi connectivity index (χ0) is 9.68. The lowest BCUT2D eigenvalue weighted by molar-refractivity contribution is 0.113. The van der Waals surface area contributed by atoms with Gasteiger partial charge in [-0.05, 0) is 25.5 Å². The second-order valence-electron chi connectivity index (χ2n) is 3.78. The van der Waals surface area contributed by atoms with Crippen LogP contribution in [-0.2, 0) is 4.74 Å². The summed E-state index contributed by atoms with van der Waals surface area (Å²) in [6.07, 6.45) is 3.01. The van der Waals surface area contributed by atoms with Crippen LogP contribution in [0.15, 0.2) is 0 Å². The van der Waals surface area contributed by atoms with Gasteiger partial charge < -0.3 is 10.1 Å². The van der Waals surface area contributed by atoms with Crippen molar-refractivity contribution in [2.75, 3.05) is 19.4 Å². The second kappa shape index (κ2) is 5.89. The maximum absolute atomic E-state index is 5.21. The molecule has 0 aromatic carbocycles. The normalized spacial score (nSPS) is 31.6. The minimum absolute atomic E-state index is 0.333. The van der Waals surface area contributed by atoms with Crippen molar-refractivity contribution in [2.45, 2.75) is 44.1 Å². The Bertz CT molecular complexity index is 143. The fourth-order valence-electron chi connectivity index (χ4n) is 1.59. The van der Waals surface area contributed by atoms with Gasteiger partial charge in [0.15, 0.2) is 0 Å². The first-order valence-corrected chi connectivity index (χ1v) is 6.16. The van der Waals surface area contributed by atoms with Crippen LogP contribution in [0, 0.1) is 0 Å². The van der Waals surface area contributed by atoms with Crippen LogP contribution in [0.1, 0.15) is 26.7 Å². The van der Waals surface area contributed by atoms with Crippen LogP contribution in [0.3, 0.4) is 0 Å². The van der Waals surface area contributed by atoms with E-state index in [-0.39, 0.29) is 0 Å². The molecule has 1 heterocycles. The molecule has 3 heteroatoms. The molecule has 0 bridgehead atoms. The van der Waals surface area contributed by atoms with E-state index in [4.69, 9.17) is 4.74 Å². The van der Waals surface area contributed by atoms with Crippen LogP contribution in [0.5, 0.6) is 0 Å². The van der Waals surface area contributed by atoms with Crippen LogP contribution in [0.2, 0.25) is 0 Å². The molecule has 1 saturated heterocycles. The van der Waals surface area contributed by atoms with Crippen molar-refractivity contribution in [2.24, 2.45) is 0 Å². The molecule has 1 rings (SSSR count). The van der Waals surface area contributed by atoms with Gasteiger partial charge in [-0.15, -0.1) is 0 Å².